The van der Waals surface area contributed by atoms with E-state index >= 15 is 0 Å². The van der Waals surface area contributed by atoms with Crippen molar-refractivity contribution in [1.29, 1.82) is 0 Å². The molecule has 8 atom stereocenters. The molecule has 0 fully saturated rings. The van der Waals surface area contributed by atoms with E-state index in [-0.39, 0.29) is 25.7 Å². The zero-order valence-electron chi connectivity index (χ0n) is 56.6. The molecule has 0 aromatic carbocycles. The summed E-state index contributed by atoms with van der Waals surface area (Å²) in [4.78, 5) is 72.5. The number of hydrogen-bond donors (Lipinski definition) is 3. The van der Waals surface area contributed by atoms with E-state index in [1.807, 2.05) is 0 Å². The van der Waals surface area contributed by atoms with Gasteiger partial charge >= 0.3 is 39.5 Å². The lowest BCUT2D eigenvalue weighted by Gasteiger charge is -2.21. The number of esters is 4. The second-order valence-electron chi connectivity index (χ2n) is 25.8. The van der Waals surface area contributed by atoms with E-state index in [4.69, 9.17) is 37.0 Å². The molecule has 19 heteroatoms. The smallest absolute Gasteiger partial charge is 0.462 e. The van der Waals surface area contributed by atoms with E-state index in [0.717, 1.165) is 114 Å². The van der Waals surface area contributed by atoms with Crippen LogP contribution in [0.2, 0.25) is 0 Å². The third-order valence-corrected chi connectivity index (χ3v) is 18.6. The summed E-state index contributed by atoms with van der Waals surface area (Å²) < 4.78 is 68.2. The second-order valence-corrected chi connectivity index (χ2v) is 28.7. The highest BCUT2D eigenvalue weighted by atomic mass is 31.2. The van der Waals surface area contributed by atoms with Crippen LogP contribution in [0.1, 0.15) is 331 Å². The summed E-state index contributed by atoms with van der Waals surface area (Å²) in [5.41, 5.74) is 0. The van der Waals surface area contributed by atoms with Gasteiger partial charge in [-0.3, -0.25) is 37.3 Å². The highest BCUT2D eigenvalue weighted by Gasteiger charge is 2.30. The third-order valence-electron chi connectivity index (χ3n) is 16.7. The van der Waals surface area contributed by atoms with Gasteiger partial charge in [-0.25, -0.2) is 9.13 Å². The lowest BCUT2D eigenvalue weighted by molar-refractivity contribution is -0.161. The molecular weight excluding hydrogens is 1150 g/mol. The number of aliphatic hydroxyl groups excluding tert-OH is 1. The van der Waals surface area contributed by atoms with Crippen LogP contribution in [0.5, 0.6) is 0 Å². The molecule has 3 N–H and O–H groups in total. The molecular formula is C68H132O17P2. The van der Waals surface area contributed by atoms with Gasteiger partial charge in [0, 0.05) is 25.7 Å². The van der Waals surface area contributed by atoms with Gasteiger partial charge in [-0.15, -0.1) is 0 Å². The van der Waals surface area contributed by atoms with Gasteiger partial charge in [-0.2, -0.15) is 0 Å². The predicted octanol–water partition coefficient (Wildman–Crippen LogP) is 18.9. The molecule has 17 nitrogen and oxygen atoms in total. The van der Waals surface area contributed by atoms with Crippen molar-refractivity contribution in [2.45, 2.75) is 350 Å². The number of hydrogen-bond acceptors (Lipinski definition) is 15. The van der Waals surface area contributed by atoms with Gasteiger partial charge in [-0.1, -0.05) is 280 Å². The molecule has 0 heterocycles. The van der Waals surface area contributed by atoms with Gasteiger partial charge in [0.2, 0.25) is 0 Å². The van der Waals surface area contributed by atoms with Gasteiger partial charge in [-0.05, 0) is 49.4 Å². The molecule has 6 unspecified atom stereocenters. The first-order valence-corrected chi connectivity index (χ1v) is 38.3. The van der Waals surface area contributed by atoms with E-state index in [0.29, 0.717) is 25.7 Å². The average Bonchev–Trinajstić information content (AvgIpc) is 3.60. The molecule has 0 aromatic heterocycles. The van der Waals surface area contributed by atoms with E-state index in [2.05, 4.69) is 55.4 Å². The molecule has 0 radical (unpaired) electrons. The van der Waals surface area contributed by atoms with Crippen LogP contribution in [0.3, 0.4) is 0 Å². The van der Waals surface area contributed by atoms with E-state index in [1.54, 1.807) is 0 Å². The summed E-state index contributed by atoms with van der Waals surface area (Å²) in [6.45, 7) is 14.1. The average molecular weight is 1280 g/mol. The summed E-state index contributed by atoms with van der Waals surface area (Å²) in [5, 5.41) is 10.6. The van der Waals surface area contributed by atoms with Crippen molar-refractivity contribution in [2.75, 3.05) is 39.6 Å². The zero-order valence-corrected chi connectivity index (χ0v) is 58.4. The Morgan fingerprint density at radius 3 is 0.816 bits per heavy atom. The van der Waals surface area contributed by atoms with Crippen LogP contribution in [0, 0.1) is 23.7 Å². The number of aliphatic hydroxyl groups is 1. The van der Waals surface area contributed by atoms with Crippen LogP contribution < -0.4 is 0 Å². The Morgan fingerprint density at radius 2 is 0.552 bits per heavy atom. The molecule has 0 spiro atoms. The lowest BCUT2D eigenvalue weighted by atomic mass is 9.99. The Labute approximate surface area is 530 Å². The molecule has 0 aliphatic rings. The van der Waals surface area contributed by atoms with Crippen LogP contribution >= 0.6 is 15.6 Å². The van der Waals surface area contributed by atoms with Gasteiger partial charge < -0.3 is 33.8 Å². The van der Waals surface area contributed by atoms with E-state index in [1.165, 1.54) is 135 Å². The quantitative estimate of drug-likeness (QED) is 0.0222. The maximum atomic E-state index is 13.0. The highest BCUT2D eigenvalue weighted by Crippen LogP contribution is 2.45. The number of unbranched alkanes of at least 4 members (excludes halogenated alkanes) is 28. The molecule has 0 aliphatic heterocycles. The normalized spacial score (nSPS) is 15.3. The fourth-order valence-corrected chi connectivity index (χ4v) is 11.6. The summed E-state index contributed by atoms with van der Waals surface area (Å²) >= 11 is 0. The van der Waals surface area contributed by atoms with Crippen molar-refractivity contribution in [1.82, 2.24) is 0 Å². The molecule has 516 valence electrons. The van der Waals surface area contributed by atoms with Crippen molar-refractivity contribution in [3.8, 4) is 0 Å². The highest BCUT2D eigenvalue weighted by molar-refractivity contribution is 7.47. The molecule has 87 heavy (non-hydrogen) atoms. The monoisotopic (exact) mass is 1280 g/mol. The topological polar surface area (TPSA) is 237 Å². The molecule has 0 rings (SSSR count). The van der Waals surface area contributed by atoms with E-state index < -0.39 is 97.5 Å². The summed E-state index contributed by atoms with van der Waals surface area (Å²) in [7, 11) is -9.90. The van der Waals surface area contributed by atoms with Gasteiger partial charge in [0.25, 0.3) is 0 Å². The Kier molecular flexibility index (Phi) is 56.6. The SMILES string of the molecule is CCC(C)CCCCCCCCCCC(=O)OC[C@H](COP(=O)(O)OCC(O)COP(=O)(O)OC[C@@H](COC(=O)CCCCCCCCCCC(C)C)OC(=O)CCCCCCCCCCC(C)CC)OC(=O)CCCCCCCCCCC(C)CC. The minimum absolute atomic E-state index is 0.104. The number of phosphoric acid groups is 2. The van der Waals surface area contributed by atoms with Crippen LogP contribution in [-0.2, 0) is 65.4 Å². The van der Waals surface area contributed by atoms with Crippen LogP contribution in [-0.4, -0.2) is 96.7 Å². The molecule has 0 saturated heterocycles. The van der Waals surface area contributed by atoms with Gasteiger partial charge in [0.15, 0.2) is 12.2 Å². The first-order valence-electron chi connectivity index (χ1n) is 35.3. The third kappa shape index (κ3) is 58.9. The summed E-state index contributed by atoms with van der Waals surface area (Å²) in [5.74, 6) is 0.908. The lowest BCUT2D eigenvalue weighted by Crippen LogP contribution is -2.30. The molecule has 0 amide bonds. The van der Waals surface area contributed by atoms with Crippen molar-refractivity contribution in [3.63, 3.8) is 0 Å². The largest absolute Gasteiger partial charge is 0.472 e. The van der Waals surface area contributed by atoms with Gasteiger partial charge in [0.1, 0.15) is 19.3 Å². The predicted molar refractivity (Wildman–Crippen MR) is 349 cm³/mol. The van der Waals surface area contributed by atoms with Crippen molar-refractivity contribution in [3.05, 3.63) is 0 Å². The van der Waals surface area contributed by atoms with Crippen LogP contribution in [0.25, 0.3) is 0 Å². The first-order chi connectivity index (χ1) is 41.7. The maximum absolute atomic E-state index is 13.0. The number of phosphoric ester groups is 2. The minimum Gasteiger partial charge on any atom is -0.462 e. The standard InChI is InChI=1S/C68H132O17P2/c1-9-59(6)45-37-29-21-13-17-25-33-41-49-66(71)79-55-64(85-68(73)51-43-35-27-19-15-23-31-39-47-61(8)11-3)57-83-87(76,77)81-53-62(69)52-80-86(74,75)82-56-63(54-78-65(70)48-40-32-24-16-12-20-28-36-44-58(4)5)84-67(72)50-42-34-26-18-14-22-30-38-46-60(7)10-2/h58-64,69H,9-57H2,1-8H3,(H,74,75)(H,76,77)/t59?,60?,61?,62?,63-,64-/m1/s1. The molecule has 0 saturated carbocycles. The number of carbonyl (C=O) groups is 4. The van der Waals surface area contributed by atoms with Crippen molar-refractivity contribution in [2.24, 2.45) is 23.7 Å². The van der Waals surface area contributed by atoms with Crippen molar-refractivity contribution < 1.29 is 80.2 Å². The Bertz CT molecular complexity index is 1740. The summed E-state index contributed by atoms with van der Waals surface area (Å²) in [6.07, 6.45) is 38.8. The number of carbonyl (C=O) groups excluding carboxylic acids is 4. The number of ether oxygens (including phenoxy) is 4. The Hall–Kier alpha value is -1.94. The Balaban J connectivity index is 5.28. The zero-order chi connectivity index (χ0) is 64.7. The Morgan fingerprint density at radius 1 is 0.322 bits per heavy atom. The maximum Gasteiger partial charge on any atom is 0.472 e. The number of rotatable bonds is 65. The van der Waals surface area contributed by atoms with Gasteiger partial charge in [0.05, 0.1) is 26.4 Å². The second kappa shape index (κ2) is 57.9. The van der Waals surface area contributed by atoms with Crippen molar-refractivity contribution >= 4 is 39.5 Å². The fourth-order valence-electron chi connectivity index (χ4n) is 10.0. The van der Waals surface area contributed by atoms with E-state index in [9.17, 15) is 43.2 Å². The van der Waals surface area contributed by atoms with Crippen LogP contribution in [0.15, 0.2) is 0 Å². The molecule has 0 bridgehead atoms. The minimum atomic E-state index is -4.95. The first kappa shape index (κ1) is 85.1. The van der Waals surface area contributed by atoms with Crippen LogP contribution in [0.4, 0.5) is 0 Å². The molecule has 0 aliphatic carbocycles. The molecule has 0 aromatic rings. The fraction of sp³-hybridized carbons (Fsp3) is 0.941. The summed E-state index contributed by atoms with van der Waals surface area (Å²) in [6, 6.07) is 0.